The zero-order chi connectivity index (χ0) is 27.1. The van der Waals surface area contributed by atoms with Crippen LogP contribution in [0.2, 0.25) is 0 Å². The van der Waals surface area contributed by atoms with Crippen LogP contribution in [0.15, 0.2) is 84.9 Å². The van der Waals surface area contributed by atoms with Crippen LogP contribution in [0.25, 0.3) is 0 Å². The predicted octanol–water partition coefficient (Wildman–Crippen LogP) is 5.98. The van der Waals surface area contributed by atoms with Gasteiger partial charge in [0, 0.05) is 26.2 Å². The van der Waals surface area contributed by atoms with Crippen LogP contribution in [-0.2, 0) is 4.74 Å². The molecule has 0 radical (unpaired) electrons. The Kier molecular flexibility index (Phi) is 8.63. The number of carbonyl (C=O) groups is 2. The fourth-order valence-corrected chi connectivity index (χ4v) is 4.64. The number of rotatable bonds is 6. The third-order valence-electron chi connectivity index (χ3n) is 6.38. The average molecular weight is 519 g/mol. The van der Waals surface area contributed by atoms with E-state index in [-0.39, 0.29) is 17.8 Å². The number of halogens is 1. The highest BCUT2D eigenvalue weighted by Crippen LogP contribution is 2.35. The van der Waals surface area contributed by atoms with E-state index in [2.05, 4.69) is 15.5 Å². The van der Waals surface area contributed by atoms with E-state index in [0.29, 0.717) is 26.2 Å². The van der Waals surface area contributed by atoms with E-state index in [4.69, 9.17) is 4.74 Å². The number of carbonyl (C=O) groups excluding carboxylic acids is 2. The number of piperazine rings is 1. The molecule has 1 fully saturated rings. The molecule has 0 aliphatic carbocycles. The lowest BCUT2D eigenvalue weighted by molar-refractivity contribution is 0.00817. The summed E-state index contributed by atoms with van der Waals surface area (Å²) in [5.74, 6) is -0.503. The molecule has 3 aromatic rings. The number of hydrogen-bond donors (Lipinski definition) is 2. The highest BCUT2D eigenvalue weighted by atomic mass is 19.1. The zero-order valence-corrected chi connectivity index (χ0v) is 22.1. The number of urea groups is 1. The lowest BCUT2D eigenvalue weighted by Gasteiger charge is -2.43. The second-order valence-electron chi connectivity index (χ2n) is 10.3. The molecule has 3 aromatic carbocycles. The molecule has 7 nitrogen and oxygen atoms in total. The van der Waals surface area contributed by atoms with Crippen molar-refractivity contribution in [1.82, 2.24) is 15.1 Å². The molecule has 0 saturated carbocycles. The van der Waals surface area contributed by atoms with Crippen LogP contribution in [0, 0.1) is 5.82 Å². The maximum atomic E-state index is 14.2. The van der Waals surface area contributed by atoms with Crippen molar-refractivity contribution in [2.24, 2.45) is 0 Å². The van der Waals surface area contributed by atoms with Crippen molar-refractivity contribution in [2.45, 2.75) is 38.5 Å². The number of amides is 3. The monoisotopic (exact) mass is 518 g/mol. The van der Waals surface area contributed by atoms with E-state index in [1.54, 1.807) is 17.0 Å². The number of para-hydroxylation sites is 1. The molecule has 1 saturated heterocycles. The van der Waals surface area contributed by atoms with Crippen LogP contribution in [0.1, 0.15) is 44.0 Å². The van der Waals surface area contributed by atoms with E-state index >= 15 is 0 Å². The van der Waals surface area contributed by atoms with Gasteiger partial charge in [0.2, 0.25) is 0 Å². The molecule has 0 unspecified atom stereocenters. The van der Waals surface area contributed by atoms with Crippen molar-refractivity contribution in [1.29, 1.82) is 0 Å². The lowest BCUT2D eigenvalue weighted by atomic mass is 9.91. The molecule has 0 bridgehead atoms. The van der Waals surface area contributed by atoms with Gasteiger partial charge < -0.3 is 20.3 Å². The van der Waals surface area contributed by atoms with Crippen molar-refractivity contribution in [3.05, 3.63) is 102 Å². The zero-order valence-electron chi connectivity index (χ0n) is 22.1. The molecule has 1 aliphatic rings. The van der Waals surface area contributed by atoms with E-state index in [9.17, 15) is 14.0 Å². The lowest BCUT2D eigenvalue weighted by Crippen LogP contribution is -2.53. The van der Waals surface area contributed by atoms with Crippen LogP contribution in [0.3, 0.4) is 0 Å². The molecule has 200 valence electrons. The molecule has 1 heterocycles. The first-order valence-electron chi connectivity index (χ1n) is 12.9. The Balaban J connectivity index is 1.60. The molecular formula is C30H35FN4O3. The van der Waals surface area contributed by atoms with Gasteiger partial charge in [-0.2, -0.15) is 0 Å². The molecular weight excluding hydrogens is 483 g/mol. The summed E-state index contributed by atoms with van der Waals surface area (Å²) in [7, 11) is 0. The Labute approximate surface area is 223 Å². The van der Waals surface area contributed by atoms with Crippen LogP contribution in [-0.4, -0.2) is 53.7 Å². The van der Waals surface area contributed by atoms with Crippen molar-refractivity contribution in [2.75, 3.05) is 31.5 Å². The van der Waals surface area contributed by atoms with Crippen molar-refractivity contribution < 1.29 is 18.7 Å². The maximum absolute atomic E-state index is 14.2. The van der Waals surface area contributed by atoms with E-state index in [0.717, 1.165) is 11.1 Å². The molecule has 2 atom stereocenters. The summed E-state index contributed by atoms with van der Waals surface area (Å²) in [5.41, 5.74) is 1.49. The molecule has 8 heteroatoms. The third-order valence-corrected chi connectivity index (χ3v) is 6.38. The first kappa shape index (κ1) is 27.1. The highest BCUT2D eigenvalue weighted by Gasteiger charge is 2.35. The fourth-order valence-electron chi connectivity index (χ4n) is 4.64. The Morgan fingerprint density at radius 2 is 1.37 bits per heavy atom. The maximum Gasteiger partial charge on any atom is 0.410 e. The SMILES string of the molecule is CC(C)(C)OC(=O)N1CCN([C@@H](c2ccccc2)[C@H](NC(=O)Nc2ccccc2F)c2ccccc2)CC1. The minimum atomic E-state index is -0.561. The van der Waals surface area contributed by atoms with E-state index in [1.807, 2.05) is 81.4 Å². The van der Waals surface area contributed by atoms with Crippen LogP contribution in [0.4, 0.5) is 19.7 Å². The quantitative estimate of drug-likeness (QED) is 0.421. The fraction of sp³-hybridized carbons (Fsp3) is 0.333. The van der Waals surface area contributed by atoms with Gasteiger partial charge in [0.05, 0.1) is 17.8 Å². The molecule has 0 spiro atoms. The van der Waals surface area contributed by atoms with Gasteiger partial charge in [0.1, 0.15) is 11.4 Å². The van der Waals surface area contributed by atoms with Gasteiger partial charge in [-0.05, 0) is 44.0 Å². The predicted molar refractivity (Wildman–Crippen MR) is 146 cm³/mol. The van der Waals surface area contributed by atoms with Crippen molar-refractivity contribution in [3.8, 4) is 0 Å². The van der Waals surface area contributed by atoms with Gasteiger partial charge in [0.15, 0.2) is 0 Å². The molecule has 38 heavy (non-hydrogen) atoms. The third kappa shape index (κ3) is 7.10. The number of hydrogen-bond acceptors (Lipinski definition) is 4. The summed E-state index contributed by atoms with van der Waals surface area (Å²) in [5, 5.41) is 5.76. The minimum Gasteiger partial charge on any atom is -0.444 e. The van der Waals surface area contributed by atoms with Crippen LogP contribution < -0.4 is 10.6 Å². The number of nitrogens with one attached hydrogen (secondary N) is 2. The average Bonchev–Trinajstić information content (AvgIpc) is 2.90. The van der Waals surface area contributed by atoms with Crippen LogP contribution >= 0.6 is 0 Å². The number of ether oxygens (including phenoxy) is 1. The van der Waals surface area contributed by atoms with Crippen molar-refractivity contribution >= 4 is 17.8 Å². The van der Waals surface area contributed by atoms with Gasteiger partial charge in [-0.3, -0.25) is 4.90 Å². The minimum absolute atomic E-state index is 0.110. The highest BCUT2D eigenvalue weighted by molar-refractivity contribution is 5.89. The molecule has 3 amide bonds. The van der Waals surface area contributed by atoms with Crippen LogP contribution in [0.5, 0.6) is 0 Å². The van der Waals surface area contributed by atoms with Gasteiger partial charge in [0.25, 0.3) is 0 Å². The van der Waals surface area contributed by atoms with Gasteiger partial charge in [-0.25, -0.2) is 14.0 Å². The smallest absolute Gasteiger partial charge is 0.410 e. The Morgan fingerprint density at radius 3 is 1.95 bits per heavy atom. The van der Waals surface area contributed by atoms with Gasteiger partial charge >= 0.3 is 12.1 Å². The summed E-state index contributed by atoms with van der Waals surface area (Å²) >= 11 is 0. The number of anilines is 1. The van der Waals surface area contributed by atoms with E-state index < -0.39 is 23.5 Å². The molecule has 0 aromatic heterocycles. The summed E-state index contributed by atoms with van der Waals surface area (Å²) < 4.78 is 19.8. The normalized spacial score (nSPS) is 15.8. The molecule has 2 N–H and O–H groups in total. The Morgan fingerprint density at radius 1 is 0.816 bits per heavy atom. The summed E-state index contributed by atoms with van der Waals surface area (Å²) in [4.78, 5) is 29.8. The summed E-state index contributed by atoms with van der Waals surface area (Å²) in [6.45, 7) is 7.76. The summed E-state index contributed by atoms with van der Waals surface area (Å²) in [6, 6.07) is 24.6. The molecule has 1 aliphatic heterocycles. The Hall–Kier alpha value is -3.91. The first-order chi connectivity index (χ1) is 18.2. The van der Waals surface area contributed by atoms with Crippen molar-refractivity contribution in [3.63, 3.8) is 0 Å². The van der Waals surface area contributed by atoms with Gasteiger partial charge in [-0.1, -0.05) is 72.8 Å². The topological polar surface area (TPSA) is 73.9 Å². The van der Waals surface area contributed by atoms with E-state index in [1.165, 1.54) is 12.1 Å². The number of benzene rings is 3. The first-order valence-corrected chi connectivity index (χ1v) is 12.9. The second-order valence-corrected chi connectivity index (χ2v) is 10.3. The number of nitrogens with zero attached hydrogens (tertiary/aromatic N) is 2. The Bertz CT molecular complexity index is 1210. The summed E-state index contributed by atoms with van der Waals surface area (Å²) in [6.07, 6.45) is -0.324. The second kappa shape index (κ2) is 12.1. The standard InChI is InChI=1S/C30H35FN4O3/c1-30(2,3)38-29(37)35-20-18-34(19-21-35)27(23-14-8-5-9-15-23)26(22-12-6-4-7-13-22)33-28(36)32-25-17-11-10-16-24(25)31/h4-17,26-27H,18-21H2,1-3H3,(H2,32,33,36)/t26-,27+/m1/s1. The largest absolute Gasteiger partial charge is 0.444 e. The molecule has 4 rings (SSSR count). The van der Waals surface area contributed by atoms with Gasteiger partial charge in [-0.15, -0.1) is 0 Å².